The molecule has 0 spiro atoms. The highest BCUT2D eigenvalue weighted by atomic mass is 16.5. The van der Waals surface area contributed by atoms with Gasteiger partial charge in [0.2, 0.25) is 0 Å². The smallest absolute Gasteiger partial charge is 0.161 e. The van der Waals surface area contributed by atoms with Gasteiger partial charge in [0.1, 0.15) is 12.7 Å². The van der Waals surface area contributed by atoms with E-state index in [0.29, 0.717) is 18.0 Å². The summed E-state index contributed by atoms with van der Waals surface area (Å²) in [7, 11) is 3.66. The quantitative estimate of drug-likeness (QED) is 0.546. The van der Waals surface area contributed by atoms with E-state index in [1.54, 1.807) is 7.11 Å². The molecule has 0 saturated carbocycles. The summed E-state index contributed by atoms with van der Waals surface area (Å²) in [5, 5.41) is 10.5. The fourth-order valence-electron chi connectivity index (χ4n) is 4.24. The number of hydrogen-bond acceptors (Lipinski definition) is 6. The molecule has 2 aromatic carbocycles. The van der Waals surface area contributed by atoms with Crippen LogP contribution in [0.5, 0.6) is 11.5 Å². The average molecular weight is 442 g/mol. The van der Waals surface area contributed by atoms with Crippen LogP contribution < -0.4 is 9.47 Å². The number of benzene rings is 2. The molecule has 1 saturated heterocycles. The molecule has 0 bridgehead atoms. The van der Waals surface area contributed by atoms with Gasteiger partial charge in [-0.05, 0) is 43.3 Å². The minimum absolute atomic E-state index is 0.231. The third-order valence-electron chi connectivity index (χ3n) is 5.89. The average Bonchev–Trinajstić information content (AvgIpc) is 2.80. The fourth-order valence-corrected chi connectivity index (χ4v) is 4.24. The topological polar surface area (TPSA) is 48.4 Å². The molecule has 0 aromatic heterocycles. The maximum atomic E-state index is 10.5. The Morgan fingerprint density at radius 3 is 2.38 bits per heavy atom. The summed E-state index contributed by atoms with van der Waals surface area (Å²) in [6.07, 6.45) is 0.635. The molecule has 0 aliphatic carbocycles. The first-order valence-electron chi connectivity index (χ1n) is 11.7. The standard InChI is InChI=1S/C26H39N3O3/c1-4-12-28-13-15-29(16-14-28)19-23-10-11-25(31-3)26(17-23)32-21-24(30)20-27(2)18-22-8-6-5-7-9-22/h5-11,17,24,30H,4,12-16,18-21H2,1-3H3/t24-/m0/s1. The van der Waals surface area contributed by atoms with E-state index in [-0.39, 0.29) is 6.61 Å². The zero-order valence-corrected chi connectivity index (χ0v) is 19.9. The van der Waals surface area contributed by atoms with Crippen molar-refractivity contribution in [2.75, 3.05) is 60.0 Å². The largest absolute Gasteiger partial charge is 0.493 e. The summed E-state index contributed by atoms with van der Waals surface area (Å²) in [5.41, 5.74) is 2.44. The molecule has 0 radical (unpaired) electrons. The monoisotopic (exact) mass is 441 g/mol. The Bertz CT molecular complexity index is 794. The predicted octanol–water partition coefficient (Wildman–Crippen LogP) is 3.09. The minimum Gasteiger partial charge on any atom is -0.493 e. The maximum absolute atomic E-state index is 10.5. The molecule has 1 fully saturated rings. The molecule has 6 nitrogen and oxygen atoms in total. The van der Waals surface area contributed by atoms with Crippen molar-refractivity contribution < 1.29 is 14.6 Å². The lowest BCUT2D eigenvalue weighted by atomic mass is 10.1. The number of rotatable bonds is 12. The zero-order chi connectivity index (χ0) is 22.8. The van der Waals surface area contributed by atoms with E-state index in [2.05, 4.69) is 45.9 Å². The molecule has 1 atom stereocenters. The molecule has 3 rings (SSSR count). The van der Waals surface area contributed by atoms with Crippen molar-refractivity contribution in [3.8, 4) is 11.5 Å². The van der Waals surface area contributed by atoms with E-state index in [4.69, 9.17) is 9.47 Å². The van der Waals surface area contributed by atoms with Gasteiger partial charge in [-0.2, -0.15) is 0 Å². The summed E-state index contributed by atoms with van der Waals surface area (Å²) in [6, 6.07) is 16.4. The predicted molar refractivity (Wildman–Crippen MR) is 129 cm³/mol. The molecule has 1 N–H and O–H groups in total. The number of nitrogens with zero attached hydrogens (tertiary/aromatic N) is 3. The van der Waals surface area contributed by atoms with Crippen molar-refractivity contribution in [1.82, 2.24) is 14.7 Å². The number of aliphatic hydroxyl groups excluding tert-OH is 1. The maximum Gasteiger partial charge on any atom is 0.161 e. The molecule has 1 aliphatic rings. The highest BCUT2D eigenvalue weighted by Crippen LogP contribution is 2.29. The SMILES string of the molecule is CCCN1CCN(Cc2ccc(OC)c(OC[C@@H](O)CN(C)Cc3ccccc3)c2)CC1. The molecule has 2 aromatic rings. The van der Waals surface area contributed by atoms with E-state index in [9.17, 15) is 5.11 Å². The van der Waals surface area contributed by atoms with Gasteiger partial charge in [-0.15, -0.1) is 0 Å². The van der Waals surface area contributed by atoms with Crippen LogP contribution in [0.25, 0.3) is 0 Å². The molecule has 6 heteroatoms. The summed E-state index contributed by atoms with van der Waals surface area (Å²) in [6.45, 7) is 10.4. The molecule has 0 amide bonds. The van der Waals surface area contributed by atoms with Gasteiger partial charge in [0.05, 0.1) is 7.11 Å². The van der Waals surface area contributed by atoms with E-state index in [1.165, 1.54) is 24.1 Å². The van der Waals surface area contributed by atoms with Crippen LogP contribution in [0.1, 0.15) is 24.5 Å². The molecular formula is C26H39N3O3. The first kappa shape index (κ1) is 24.5. The van der Waals surface area contributed by atoms with Gasteiger partial charge >= 0.3 is 0 Å². The Kier molecular flexibility index (Phi) is 9.81. The number of piperazine rings is 1. The number of methoxy groups -OCH3 is 1. The Labute approximate surface area is 193 Å². The zero-order valence-electron chi connectivity index (χ0n) is 19.9. The van der Waals surface area contributed by atoms with E-state index < -0.39 is 6.10 Å². The summed E-state index contributed by atoms with van der Waals surface area (Å²) >= 11 is 0. The van der Waals surface area contributed by atoms with E-state index in [0.717, 1.165) is 39.3 Å². The van der Waals surface area contributed by atoms with Crippen LogP contribution in [0.15, 0.2) is 48.5 Å². The lowest BCUT2D eigenvalue weighted by Crippen LogP contribution is -2.45. The van der Waals surface area contributed by atoms with Gasteiger partial charge in [0, 0.05) is 45.8 Å². The molecule has 1 heterocycles. The minimum atomic E-state index is -0.580. The second kappa shape index (κ2) is 12.8. The first-order valence-corrected chi connectivity index (χ1v) is 11.7. The van der Waals surface area contributed by atoms with Gasteiger partial charge in [-0.1, -0.05) is 43.3 Å². The normalized spacial score (nSPS) is 16.3. The Morgan fingerprint density at radius 2 is 1.69 bits per heavy atom. The molecular weight excluding hydrogens is 402 g/mol. The van der Waals surface area contributed by atoms with Crippen molar-refractivity contribution in [3.05, 3.63) is 59.7 Å². The van der Waals surface area contributed by atoms with Crippen molar-refractivity contribution in [2.45, 2.75) is 32.5 Å². The van der Waals surface area contributed by atoms with Crippen molar-refractivity contribution >= 4 is 0 Å². The molecule has 32 heavy (non-hydrogen) atoms. The third-order valence-corrected chi connectivity index (χ3v) is 5.89. The van der Waals surface area contributed by atoms with Crippen LogP contribution >= 0.6 is 0 Å². The van der Waals surface area contributed by atoms with Gasteiger partial charge < -0.3 is 19.5 Å². The van der Waals surface area contributed by atoms with Crippen molar-refractivity contribution in [1.29, 1.82) is 0 Å². The fraction of sp³-hybridized carbons (Fsp3) is 0.538. The van der Waals surface area contributed by atoms with E-state index >= 15 is 0 Å². The summed E-state index contributed by atoms with van der Waals surface area (Å²) in [4.78, 5) is 7.13. The number of hydrogen-bond donors (Lipinski definition) is 1. The Balaban J connectivity index is 1.49. The molecule has 1 aliphatic heterocycles. The number of ether oxygens (including phenoxy) is 2. The summed E-state index contributed by atoms with van der Waals surface area (Å²) < 4.78 is 11.5. The second-order valence-corrected chi connectivity index (χ2v) is 8.75. The van der Waals surface area contributed by atoms with Crippen LogP contribution in [0.3, 0.4) is 0 Å². The van der Waals surface area contributed by atoms with Crippen LogP contribution in [-0.2, 0) is 13.1 Å². The number of aliphatic hydroxyl groups is 1. The van der Waals surface area contributed by atoms with Crippen LogP contribution in [0.4, 0.5) is 0 Å². The van der Waals surface area contributed by atoms with Gasteiger partial charge in [-0.25, -0.2) is 0 Å². The molecule has 176 valence electrons. The van der Waals surface area contributed by atoms with Crippen LogP contribution in [0.2, 0.25) is 0 Å². The Hall–Kier alpha value is -2.12. The lowest BCUT2D eigenvalue weighted by molar-refractivity contribution is 0.0731. The number of likely N-dealkylation sites (N-methyl/N-ethyl adjacent to an activating group) is 1. The van der Waals surface area contributed by atoms with E-state index in [1.807, 2.05) is 31.3 Å². The van der Waals surface area contributed by atoms with Crippen molar-refractivity contribution in [3.63, 3.8) is 0 Å². The highest BCUT2D eigenvalue weighted by Gasteiger charge is 2.17. The second-order valence-electron chi connectivity index (χ2n) is 8.75. The van der Waals surface area contributed by atoms with Gasteiger partial charge in [-0.3, -0.25) is 9.80 Å². The highest BCUT2D eigenvalue weighted by molar-refractivity contribution is 5.43. The van der Waals surface area contributed by atoms with Crippen LogP contribution in [0, 0.1) is 0 Å². The van der Waals surface area contributed by atoms with Crippen LogP contribution in [-0.4, -0.2) is 85.9 Å². The summed E-state index contributed by atoms with van der Waals surface area (Å²) in [5.74, 6) is 1.39. The Morgan fingerprint density at radius 1 is 0.969 bits per heavy atom. The van der Waals surface area contributed by atoms with Gasteiger partial charge in [0.25, 0.3) is 0 Å². The first-order chi connectivity index (χ1) is 15.6. The lowest BCUT2D eigenvalue weighted by Gasteiger charge is -2.34. The molecule has 0 unspecified atom stereocenters. The van der Waals surface area contributed by atoms with Gasteiger partial charge in [0.15, 0.2) is 11.5 Å². The third kappa shape index (κ3) is 7.78. The van der Waals surface area contributed by atoms with Crippen molar-refractivity contribution in [2.24, 2.45) is 0 Å².